The largest absolute Gasteiger partial charge is 0.493 e. The van der Waals surface area contributed by atoms with Gasteiger partial charge in [0.15, 0.2) is 11.5 Å². The van der Waals surface area contributed by atoms with Crippen LogP contribution in [0.4, 0.5) is 0 Å². The van der Waals surface area contributed by atoms with E-state index in [4.69, 9.17) is 9.47 Å². The first-order valence-corrected chi connectivity index (χ1v) is 8.72. The van der Waals surface area contributed by atoms with Crippen molar-refractivity contribution in [1.29, 1.82) is 0 Å². The molecule has 2 aromatic rings. The van der Waals surface area contributed by atoms with Crippen LogP contribution in [0.1, 0.15) is 11.1 Å². The van der Waals surface area contributed by atoms with Gasteiger partial charge in [-0.3, -0.25) is 0 Å². The third-order valence-electron chi connectivity index (χ3n) is 3.48. The van der Waals surface area contributed by atoms with E-state index in [2.05, 4.69) is 4.72 Å². The van der Waals surface area contributed by atoms with E-state index < -0.39 is 10.0 Å². The van der Waals surface area contributed by atoms with Crippen LogP contribution in [0, 0.1) is 6.92 Å². The van der Waals surface area contributed by atoms with E-state index >= 15 is 0 Å². The number of nitrogens with one attached hydrogen (secondary N) is 1. The standard InChI is InChI=1S/C17H21NO4S/c1-13-4-7-15(8-5-13)23(19,20)18-11-10-14-6-9-16(21-2)17(12-14)22-3/h4-9,12,18H,10-11H2,1-3H3. The molecular weight excluding hydrogens is 314 g/mol. The summed E-state index contributed by atoms with van der Waals surface area (Å²) in [5.74, 6) is 1.28. The van der Waals surface area contributed by atoms with Crippen molar-refractivity contribution in [3.05, 3.63) is 53.6 Å². The summed E-state index contributed by atoms with van der Waals surface area (Å²) < 4.78 is 37.4. The van der Waals surface area contributed by atoms with Crippen molar-refractivity contribution in [3.63, 3.8) is 0 Å². The van der Waals surface area contributed by atoms with Gasteiger partial charge in [-0.15, -0.1) is 0 Å². The SMILES string of the molecule is COc1ccc(CCNS(=O)(=O)c2ccc(C)cc2)cc1OC. The molecule has 0 aliphatic heterocycles. The number of sulfonamides is 1. The number of benzene rings is 2. The number of ether oxygens (including phenoxy) is 2. The average Bonchev–Trinajstić information content (AvgIpc) is 2.55. The van der Waals surface area contributed by atoms with E-state index in [1.54, 1.807) is 38.5 Å². The molecule has 0 spiro atoms. The van der Waals surface area contributed by atoms with Crippen LogP contribution in [-0.4, -0.2) is 29.2 Å². The van der Waals surface area contributed by atoms with Crippen molar-refractivity contribution in [3.8, 4) is 11.5 Å². The quantitative estimate of drug-likeness (QED) is 0.844. The summed E-state index contributed by atoms with van der Waals surface area (Å²) in [7, 11) is -0.334. The van der Waals surface area contributed by atoms with Crippen LogP contribution in [0.15, 0.2) is 47.4 Å². The molecule has 2 rings (SSSR count). The van der Waals surface area contributed by atoms with Crippen LogP contribution >= 0.6 is 0 Å². The minimum absolute atomic E-state index is 0.274. The van der Waals surface area contributed by atoms with Gasteiger partial charge in [0.2, 0.25) is 10.0 Å². The van der Waals surface area contributed by atoms with Crippen molar-refractivity contribution in [2.24, 2.45) is 0 Å². The van der Waals surface area contributed by atoms with Gasteiger partial charge in [-0.05, 0) is 43.2 Å². The molecule has 1 N–H and O–H groups in total. The zero-order valence-electron chi connectivity index (χ0n) is 13.5. The van der Waals surface area contributed by atoms with Crippen LogP contribution < -0.4 is 14.2 Å². The first-order valence-electron chi connectivity index (χ1n) is 7.23. The molecular formula is C17H21NO4S. The van der Waals surface area contributed by atoms with Crippen LogP contribution in [0.25, 0.3) is 0 Å². The monoisotopic (exact) mass is 335 g/mol. The molecule has 0 radical (unpaired) electrons. The fraction of sp³-hybridized carbons (Fsp3) is 0.294. The maximum atomic E-state index is 12.2. The van der Waals surface area contributed by atoms with E-state index in [1.807, 2.05) is 25.1 Å². The lowest BCUT2D eigenvalue weighted by molar-refractivity contribution is 0.354. The third-order valence-corrected chi connectivity index (χ3v) is 4.96. The molecule has 0 bridgehead atoms. The molecule has 0 saturated carbocycles. The summed E-state index contributed by atoms with van der Waals surface area (Å²) in [5.41, 5.74) is 1.99. The van der Waals surface area contributed by atoms with Gasteiger partial charge in [-0.2, -0.15) is 0 Å². The highest BCUT2D eigenvalue weighted by molar-refractivity contribution is 7.89. The third kappa shape index (κ3) is 4.46. The van der Waals surface area contributed by atoms with Crippen molar-refractivity contribution >= 4 is 10.0 Å². The van der Waals surface area contributed by atoms with Gasteiger partial charge in [0, 0.05) is 6.54 Å². The molecule has 0 aliphatic rings. The molecule has 23 heavy (non-hydrogen) atoms. The van der Waals surface area contributed by atoms with Crippen LogP contribution in [0.2, 0.25) is 0 Å². The van der Waals surface area contributed by atoms with Crippen LogP contribution in [0.3, 0.4) is 0 Å². The lowest BCUT2D eigenvalue weighted by Gasteiger charge is -2.10. The van der Waals surface area contributed by atoms with Gasteiger partial charge in [0.25, 0.3) is 0 Å². The van der Waals surface area contributed by atoms with E-state index in [0.29, 0.717) is 24.5 Å². The molecule has 0 saturated heterocycles. The second kappa shape index (κ2) is 7.48. The lowest BCUT2D eigenvalue weighted by atomic mass is 10.1. The van der Waals surface area contributed by atoms with Crippen molar-refractivity contribution in [2.75, 3.05) is 20.8 Å². The zero-order valence-corrected chi connectivity index (χ0v) is 14.3. The Morgan fingerprint density at radius 3 is 2.22 bits per heavy atom. The summed E-state index contributed by atoms with van der Waals surface area (Å²) in [5, 5.41) is 0. The minimum atomic E-state index is -3.48. The van der Waals surface area contributed by atoms with Crippen molar-refractivity contribution < 1.29 is 17.9 Å². The normalized spacial score (nSPS) is 11.3. The highest BCUT2D eigenvalue weighted by Crippen LogP contribution is 2.27. The molecule has 0 atom stereocenters. The fourth-order valence-electron chi connectivity index (χ4n) is 2.17. The summed E-state index contributed by atoms with van der Waals surface area (Å²) in [4.78, 5) is 0.274. The van der Waals surface area contributed by atoms with Gasteiger partial charge in [-0.1, -0.05) is 23.8 Å². The Morgan fingerprint density at radius 1 is 0.957 bits per heavy atom. The van der Waals surface area contributed by atoms with Gasteiger partial charge < -0.3 is 9.47 Å². The Balaban J connectivity index is 2.00. The molecule has 5 nitrogen and oxygen atoms in total. The topological polar surface area (TPSA) is 64.6 Å². The maximum Gasteiger partial charge on any atom is 0.240 e. The highest BCUT2D eigenvalue weighted by Gasteiger charge is 2.13. The van der Waals surface area contributed by atoms with E-state index in [-0.39, 0.29) is 4.90 Å². The summed E-state index contributed by atoms with van der Waals surface area (Å²) in [6.45, 7) is 2.23. The Bertz CT molecular complexity index is 755. The maximum absolute atomic E-state index is 12.2. The number of hydrogen-bond donors (Lipinski definition) is 1. The number of hydrogen-bond acceptors (Lipinski definition) is 4. The average molecular weight is 335 g/mol. The summed E-state index contributed by atoms with van der Waals surface area (Å²) in [6, 6.07) is 12.3. The predicted octanol–water partition coefficient (Wildman–Crippen LogP) is 2.53. The predicted molar refractivity (Wildman–Crippen MR) is 89.6 cm³/mol. The molecule has 2 aromatic carbocycles. The minimum Gasteiger partial charge on any atom is -0.493 e. The molecule has 0 fully saturated rings. The molecule has 0 aliphatic carbocycles. The van der Waals surface area contributed by atoms with Gasteiger partial charge in [0.05, 0.1) is 19.1 Å². The molecule has 0 heterocycles. The second-order valence-corrected chi connectivity index (χ2v) is 6.92. The van der Waals surface area contributed by atoms with Crippen LogP contribution in [0.5, 0.6) is 11.5 Å². The van der Waals surface area contributed by atoms with Gasteiger partial charge >= 0.3 is 0 Å². The first kappa shape index (κ1) is 17.3. The summed E-state index contributed by atoms with van der Waals surface area (Å²) in [6.07, 6.45) is 0.561. The Labute approximate surface area is 137 Å². The molecule has 0 aromatic heterocycles. The molecule has 124 valence electrons. The second-order valence-electron chi connectivity index (χ2n) is 5.15. The first-order chi connectivity index (χ1) is 11.0. The molecule has 0 amide bonds. The lowest BCUT2D eigenvalue weighted by Crippen LogP contribution is -2.26. The van der Waals surface area contributed by atoms with Crippen molar-refractivity contribution in [2.45, 2.75) is 18.2 Å². The zero-order chi connectivity index (χ0) is 16.9. The number of rotatable bonds is 7. The smallest absolute Gasteiger partial charge is 0.240 e. The molecule has 6 heteroatoms. The van der Waals surface area contributed by atoms with E-state index in [9.17, 15) is 8.42 Å². The number of aryl methyl sites for hydroxylation is 1. The van der Waals surface area contributed by atoms with Crippen LogP contribution in [-0.2, 0) is 16.4 Å². The Morgan fingerprint density at radius 2 is 1.61 bits per heavy atom. The fourth-order valence-corrected chi connectivity index (χ4v) is 3.20. The Hall–Kier alpha value is -2.05. The van der Waals surface area contributed by atoms with E-state index in [1.165, 1.54) is 0 Å². The summed E-state index contributed by atoms with van der Waals surface area (Å²) >= 11 is 0. The van der Waals surface area contributed by atoms with Crippen molar-refractivity contribution in [1.82, 2.24) is 4.72 Å². The van der Waals surface area contributed by atoms with Gasteiger partial charge in [0.1, 0.15) is 0 Å². The Kier molecular flexibility index (Phi) is 5.63. The number of methoxy groups -OCH3 is 2. The van der Waals surface area contributed by atoms with Gasteiger partial charge in [-0.25, -0.2) is 13.1 Å². The molecule has 0 unspecified atom stereocenters. The van der Waals surface area contributed by atoms with E-state index in [0.717, 1.165) is 11.1 Å². The highest BCUT2D eigenvalue weighted by atomic mass is 32.2.